The SMILES string of the molecule is CNc1cc(C(=O)N2CCCC(CCOC)(C(=O)O)C2)ccn1. The molecule has 1 aliphatic heterocycles. The van der Waals surface area contributed by atoms with Gasteiger partial charge in [0, 0.05) is 45.6 Å². The second kappa shape index (κ2) is 7.41. The summed E-state index contributed by atoms with van der Waals surface area (Å²) in [4.78, 5) is 30.2. The lowest BCUT2D eigenvalue weighted by Crippen LogP contribution is -2.50. The van der Waals surface area contributed by atoms with Gasteiger partial charge >= 0.3 is 5.97 Å². The molecule has 1 unspecified atom stereocenters. The number of carboxylic acids is 1. The van der Waals surface area contributed by atoms with Crippen LogP contribution in [0.3, 0.4) is 0 Å². The Bertz CT molecular complexity index is 578. The molecule has 126 valence electrons. The molecule has 1 aromatic heterocycles. The van der Waals surface area contributed by atoms with Crippen LogP contribution < -0.4 is 5.32 Å². The third-order valence-electron chi connectivity index (χ3n) is 4.37. The number of piperidine rings is 1. The predicted molar refractivity (Wildman–Crippen MR) is 85.5 cm³/mol. The van der Waals surface area contributed by atoms with Crippen molar-refractivity contribution >= 4 is 17.7 Å². The summed E-state index contributed by atoms with van der Waals surface area (Å²) in [7, 11) is 3.29. The van der Waals surface area contributed by atoms with Gasteiger partial charge in [-0.1, -0.05) is 0 Å². The second-order valence-corrected chi connectivity index (χ2v) is 5.84. The molecule has 0 radical (unpaired) electrons. The summed E-state index contributed by atoms with van der Waals surface area (Å²) in [6, 6.07) is 3.32. The lowest BCUT2D eigenvalue weighted by atomic mass is 9.77. The van der Waals surface area contributed by atoms with Crippen molar-refractivity contribution in [1.29, 1.82) is 0 Å². The number of carbonyl (C=O) groups excluding carboxylic acids is 1. The van der Waals surface area contributed by atoms with Crippen molar-refractivity contribution in [3.8, 4) is 0 Å². The Labute approximate surface area is 135 Å². The Balaban J connectivity index is 2.18. The number of hydrogen-bond acceptors (Lipinski definition) is 5. The summed E-state index contributed by atoms with van der Waals surface area (Å²) in [5.41, 5.74) is -0.416. The number of aromatic nitrogens is 1. The third-order valence-corrected chi connectivity index (χ3v) is 4.37. The maximum atomic E-state index is 12.7. The van der Waals surface area contributed by atoms with Crippen molar-refractivity contribution < 1.29 is 19.4 Å². The molecule has 0 spiro atoms. The molecule has 1 aromatic rings. The summed E-state index contributed by atoms with van der Waals surface area (Å²) in [5.74, 6) is -0.416. The highest BCUT2D eigenvalue weighted by atomic mass is 16.5. The zero-order valence-corrected chi connectivity index (χ0v) is 13.5. The van der Waals surface area contributed by atoms with Crippen LogP contribution >= 0.6 is 0 Å². The molecule has 23 heavy (non-hydrogen) atoms. The number of pyridine rings is 1. The van der Waals surface area contributed by atoms with Crippen molar-refractivity contribution in [2.75, 3.05) is 39.2 Å². The number of carbonyl (C=O) groups is 2. The van der Waals surface area contributed by atoms with Crippen LogP contribution in [0.4, 0.5) is 5.82 Å². The van der Waals surface area contributed by atoms with E-state index in [1.807, 2.05) is 0 Å². The molecule has 2 heterocycles. The number of amides is 1. The number of carboxylic acid groups (broad SMARTS) is 1. The Morgan fingerprint density at radius 3 is 2.96 bits per heavy atom. The predicted octanol–water partition coefficient (Wildman–Crippen LogP) is 1.47. The van der Waals surface area contributed by atoms with Gasteiger partial charge in [-0.2, -0.15) is 0 Å². The fourth-order valence-corrected chi connectivity index (χ4v) is 2.97. The van der Waals surface area contributed by atoms with E-state index in [-0.39, 0.29) is 12.5 Å². The second-order valence-electron chi connectivity index (χ2n) is 5.84. The van der Waals surface area contributed by atoms with E-state index in [4.69, 9.17) is 4.74 Å². The van der Waals surface area contributed by atoms with Crippen LogP contribution in [0.2, 0.25) is 0 Å². The number of nitrogens with zero attached hydrogens (tertiary/aromatic N) is 2. The highest BCUT2D eigenvalue weighted by molar-refractivity contribution is 5.95. The van der Waals surface area contributed by atoms with Crippen molar-refractivity contribution in [2.45, 2.75) is 19.3 Å². The van der Waals surface area contributed by atoms with Gasteiger partial charge in [-0.25, -0.2) is 4.98 Å². The van der Waals surface area contributed by atoms with Gasteiger partial charge in [0.15, 0.2) is 0 Å². The van der Waals surface area contributed by atoms with Gasteiger partial charge in [0.05, 0.1) is 5.41 Å². The molecule has 2 rings (SSSR count). The molecule has 0 saturated carbocycles. The van der Waals surface area contributed by atoms with Gasteiger partial charge in [0.1, 0.15) is 5.82 Å². The number of methoxy groups -OCH3 is 1. The van der Waals surface area contributed by atoms with E-state index in [1.165, 1.54) is 0 Å². The molecule has 7 nitrogen and oxygen atoms in total. The number of rotatable bonds is 6. The van der Waals surface area contributed by atoms with Crippen LogP contribution in [0.15, 0.2) is 18.3 Å². The third kappa shape index (κ3) is 3.79. The highest BCUT2D eigenvalue weighted by Gasteiger charge is 2.43. The van der Waals surface area contributed by atoms with Gasteiger partial charge in [-0.15, -0.1) is 0 Å². The van der Waals surface area contributed by atoms with E-state index < -0.39 is 11.4 Å². The Morgan fingerprint density at radius 1 is 1.52 bits per heavy atom. The number of hydrogen-bond donors (Lipinski definition) is 2. The van der Waals surface area contributed by atoms with Crippen LogP contribution in [-0.2, 0) is 9.53 Å². The number of likely N-dealkylation sites (tertiary alicyclic amines) is 1. The van der Waals surface area contributed by atoms with Crippen LogP contribution in [0.25, 0.3) is 0 Å². The van der Waals surface area contributed by atoms with Crippen LogP contribution in [-0.4, -0.2) is 60.7 Å². The van der Waals surface area contributed by atoms with Crippen molar-refractivity contribution in [1.82, 2.24) is 9.88 Å². The normalized spacial score (nSPS) is 21.0. The Kier molecular flexibility index (Phi) is 5.54. The largest absolute Gasteiger partial charge is 0.481 e. The molecular weight excluding hydrogens is 298 g/mol. The van der Waals surface area contributed by atoms with Gasteiger partial charge in [-0.3, -0.25) is 9.59 Å². The first-order valence-corrected chi connectivity index (χ1v) is 7.68. The minimum Gasteiger partial charge on any atom is -0.481 e. The van der Waals surface area contributed by atoms with E-state index in [0.29, 0.717) is 43.8 Å². The molecule has 1 atom stereocenters. The van der Waals surface area contributed by atoms with E-state index >= 15 is 0 Å². The van der Waals surface area contributed by atoms with Gasteiger partial charge in [0.2, 0.25) is 0 Å². The summed E-state index contributed by atoms with van der Waals surface area (Å²) in [6.45, 7) is 1.15. The standard InChI is InChI=1S/C16H23N3O4/c1-17-13-10-12(4-7-18-13)14(20)19-8-3-5-16(11-19,15(21)22)6-9-23-2/h4,7,10H,3,5-6,8-9,11H2,1-2H3,(H,17,18)(H,21,22). The number of nitrogens with one attached hydrogen (secondary N) is 1. The number of ether oxygens (including phenoxy) is 1. The molecular formula is C16H23N3O4. The highest BCUT2D eigenvalue weighted by Crippen LogP contribution is 2.34. The molecule has 1 fully saturated rings. The lowest BCUT2D eigenvalue weighted by molar-refractivity contribution is -0.153. The summed E-state index contributed by atoms with van der Waals surface area (Å²) >= 11 is 0. The van der Waals surface area contributed by atoms with E-state index in [1.54, 1.807) is 37.4 Å². The summed E-state index contributed by atoms with van der Waals surface area (Å²) in [5, 5.41) is 12.5. The zero-order valence-electron chi connectivity index (χ0n) is 13.5. The average Bonchev–Trinajstić information content (AvgIpc) is 2.59. The van der Waals surface area contributed by atoms with Gasteiger partial charge in [-0.05, 0) is 31.4 Å². The summed E-state index contributed by atoms with van der Waals surface area (Å²) < 4.78 is 5.05. The minimum atomic E-state index is -0.928. The van der Waals surface area contributed by atoms with E-state index in [9.17, 15) is 14.7 Å². The fraction of sp³-hybridized carbons (Fsp3) is 0.562. The molecule has 0 bridgehead atoms. The van der Waals surface area contributed by atoms with Gasteiger partial charge in [0.25, 0.3) is 5.91 Å². The van der Waals surface area contributed by atoms with E-state index in [0.717, 1.165) is 0 Å². The lowest BCUT2D eigenvalue weighted by Gasteiger charge is -2.40. The molecule has 2 N–H and O–H groups in total. The first-order valence-electron chi connectivity index (χ1n) is 7.68. The fourth-order valence-electron chi connectivity index (χ4n) is 2.97. The maximum absolute atomic E-state index is 12.7. The van der Waals surface area contributed by atoms with Crippen molar-refractivity contribution in [2.24, 2.45) is 5.41 Å². The first-order chi connectivity index (χ1) is 11.0. The Hall–Kier alpha value is -2.15. The quantitative estimate of drug-likeness (QED) is 0.824. The molecule has 1 amide bonds. The topological polar surface area (TPSA) is 91.8 Å². The van der Waals surface area contributed by atoms with Crippen LogP contribution in [0.5, 0.6) is 0 Å². The monoisotopic (exact) mass is 321 g/mol. The Morgan fingerprint density at radius 2 is 2.30 bits per heavy atom. The van der Waals surface area contributed by atoms with Gasteiger partial charge < -0.3 is 20.1 Å². The molecule has 1 saturated heterocycles. The zero-order chi connectivity index (χ0) is 16.9. The first kappa shape index (κ1) is 17.2. The molecule has 7 heteroatoms. The van der Waals surface area contributed by atoms with E-state index in [2.05, 4.69) is 10.3 Å². The molecule has 0 aromatic carbocycles. The molecule has 0 aliphatic carbocycles. The molecule has 1 aliphatic rings. The van der Waals surface area contributed by atoms with Crippen molar-refractivity contribution in [3.63, 3.8) is 0 Å². The number of aliphatic carboxylic acids is 1. The maximum Gasteiger partial charge on any atom is 0.311 e. The minimum absolute atomic E-state index is 0.161. The van der Waals surface area contributed by atoms with Crippen molar-refractivity contribution in [3.05, 3.63) is 23.9 Å². The average molecular weight is 321 g/mol. The van der Waals surface area contributed by atoms with Crippen LogP contribution in [0, 0.1) is 5.41 Å². The summed E-state index contributed by atoms with van der Waals surface area (Å²) in [6.07, 6.45) is 3.21. The van der Waals surface area contributed by atoms with Crippen LogP contribution in [0.1, 0.15) is 29.6 Å². The smallest absolute Gasteiger partial charge is 0.311 e. The number of anilines is 1.